The fourth-order valence-electron chi connectivity index (χ4n) is 4.09. The van der Waals surface area contributed by atoms with Gasteiger partial charge in [-0.2, -0.15) is 5.10 Å². The Balaban J connectivity index is 1.48. The molecule has 1 aromatic heterocycles. The third-order valence-electron chi connectivity index (χ3n) is 5.85. The summed E-state index contributed by atoms with van der Waals surface area (Å²) in [5, 5.41) is 11.0. The summed E-state index contributed by atoms with van der Waals surface area (Å²) in [5.41, 5.74) is 4.09. The van der Waals surface area contributed by atoms with Crippen molar-refractivity contribution in [3.05, 3.63) is 108 Å². The highest BCUT2D eigenvalue weighted by Crippen LogP contribution is 2.35. The highest BCUT2D eigenvalue weighted by molar-refractivity contribution is 6.08. The lowest BCUT2D eigenvalue weighted by atomic mass is 10.0. The highest BCUT2D eigenvalue weighted by atomic mass is 16.5. The van der Waals surface area contributed by atoms with Crippen LogP contribution >= 0.6 is 0 Å². The third-order valence-corrected chi connectivity index (χ3v) is 5.85. The Morgan fingerprint density at radius 1 is 1.00 bits per heavy atom. The molecule has 0 fully saturated rings. The molecular weight excluding hydrogens is 440 g/mol. The van der Waals surface area contributed by atoms with Crippen LogP contribution in [0.25, 0.3) is 5.70 Å². The summed E-state index contributed by atoms with van der Waals surface area (Å²) in [7, 11) is 1.65. The first-order chi connectivity index (χ1) is 17.2. The van der Waals surface area contributed by atoms with Gasteiger partial charge in [0.05, 0.1) is 26.0 Å². The summed E-state index contributed by atoms with van der Waals surface area (Å²) < 4.78 is 12.6. The molecule has 0 bridgehead atoms. The number of carbonyl (C=O) groups excluding carboxylic acids is 1. The molecule has 176 valence electrons. The van der Waals surface area contributed by atoms with Gasteiger partial charge in [-0.05, 0) is 72.7 Å². The van der Waals surface area contributed by atoms with Crippen molar-refractivity contribution in [1.82, 2.24) is 9.78 Å². The standard InChI is InChI=1S/C28H26N4O3/c1-3-35-23-15-11-21(12-16-23)30-28(33)24-18-29-32-26(20-7-5-4-6-8-20)17-25(31-27(24)32)19-9-13-22(34-2)14-10-19/h4-18,26,31H,3H2,1-2H3,(H,30,33)/t26-/m1/s1. The van der Waals surface area contributed by atoms with Crippen molar-refractivity contribution in [2.24, 2.45) is 0 Å². The van der Waals surface area contributed by atoms with E-state index in [1.807, 2.05) is 78.3 Å². The van der Waals surface area contributed by atoms with Crippen molar-refractivity contribution in [1.29, 1.82) is 0 Å². The van der Waals surface area contributed by atoms with Gasteiger partial charge in [0.1, 0.15) is 22.9 Å². The zero-order valence-corrected chi connectivity index (χ0v) is 19.6. The van der Waals surface area contributed by atoms with Gasteiger partial charge in [0, 0.05) is 11.4 Å². The predicted molar refractivity (Wildman–Crippen MR) is 137 cm³/mol. The highest BCUT2D eigenvalue weighted by Gasteiger charge is 2.27. The molecule has 2 N–H and O–H groups in total. The number of aromatic nitrogens is 2. The summed E-state index contributed by atoms with van der Waals surface area (Å²) in [6.45, 7) is 2.52. The van der Waals surface area contributed by atoms with E-state index < -0.39 is 0 Å². The molecule has 7 heteroatoms. The molecule has 1 aliphatic rings. The van der Waals surface area contributed by atoms with Gasteiger partial charge in [0.15, 0.2) is 0 Å². The van der Waals surface area contributed by atoms with Crippen LogP contribution in [-0.2, 0) is 0 Å². The van der Waals surface area contributed by atoms with Crippen molar-refractivity contribution in [3.8, 4) is 11.5 Å². The maximum Gasteiger partial charge on any atom is 0.261 e. The monoisotopic (exact) mass is 466 g/mol. The van der Waals surface area contributed by atoms with Crippen LogP contribution in [0.3, 0.4) is 0 Å². The lowest BCUT2D eigenvalue weighted by molar-refractivity contribution is 0.102. The normalized spacial score (nSPS) is 14.3. The SMILES string of the molecule is CCOc1ccc(NC(=O)c2cnn3c2NC(c2ccc(OC)cc2)=C[C@@H]3c2ccccc2)cc1. The van der Waals surface area contributed by atoms with E-state index in [0.717, 1.165) is 28.3 Å². The lowest BCUT2D eigenvalue weighted by Crippen LogP contribution is -2.22. The molecule has 0 saturated heterocycles. The van der Waals surface area contributed by atoms with Gasteiger partial charge in [0.25, 0.3) is 5.91 Å². The summed E-state index contributed by atoms with van der Waals surface area (Å²) in [6.07, 6.45) is 3.72. The minimum Gasteiger partial charge on any atom is -0.497 e. The van der Waals surface area contributed by atoms with E-state index in [1.165, 1.54) is 0 Å². The minimum atomic E-state index is -0.245. The number of methoxy groups -OCH3 is 1. The number of carbonyl (C=O) groups is 1. The average Bonchev–Trinajstić information content (AvgIpc) is 3.34. The lowest BCUT2D eigenvalue weighted by Gasteiger charge is -2.26. The van der Waals surface area contributed by atoms with Gasteiger partial charge in [0.2, 0.25) is 0 Å². The molecule has 2 heterocycles. The molecule has 7 nitrogen and oxygen atoms in total. The molecule has 3 aromatic carbocycles. The average molecular weight is 467 g/mol. The van der Waals surface area contributed by atoms with Crippen molar-refractivity contribution in [3.63, 3.8) is 0 Å². The van der Waals surface area contributed by atoms with Crippen LogP contribution in [0, 0.1) is 0 Å². The third kappa shape index (κ3) is 4.61. The molecule has 0 spiro atoms. The number of anilines is 2. The Morgan fingerprint density at radius 3 is 2.40 bits per heavy atom. The van der Waals surface area contributed by atoms with E-state index in [1.54, 1.807) is 13.3 Å². The number of ether oxygens (including phenoxy) is 2. The fourth-order valence-corrected chi connectivity index (χ4v) is 4.09. The molecule has 0 unspecified atom stereocenters. The molecular formula is C28H26N4O3. The van der Waals surface area contributed by atoms with Crippen LogP contribution in [0.15, 0.2) is 91.1 Å². The molecule has 4 aromatic rings. The van der Waals surface area contributed by atoms with Crippen LogP contribution < -0.4 is 20.1 Å². The van der Waals surface area contributed by atoms with Crippen molar-refractivity contribution >= 4 is 23.1 Å². The second-order valence-electron chi connectivity index (χ2n) is 8.05. The van der Waals surface area contributed by atoms with E-state index in [-0.39, 0.29) is 11.9 Å². The van der Waals surface area contributed by atoms with Crippen molar-refractivity contribution in [2.45, 2.75) is 13.0 Å². The van der Waals surface area contributed by atoms with Gasteiger partial charge in [-0.1, -0.05) is 30.3 Å². The smallest absolute Gasteiger partial charge is 0.261 e. The van der Waals surface area contributed by atoms with E-state index in [0.29, 0.717) is 23.7 Å². The van der Waals surface area contributed by atoms with Crippen LogP contribution in [0.1, 0.15) is 34.5 Å². The number of benzene rings is 3. The Kier molecular flexibility index (Phi) is 6.22. The van der Waals surface area contributed by atoms with Crippen LogP contribution in [0.5, 0.6) is 11.5 Å². The van der Waals surface area contributed by atoms with Crippen LogP contribution in [-0.4, -0.2) is 29.4 Å². The van der Waals surface area contributed by atoms with E-state index in [2.05, 4.69) is 33.9 Å². The number of nitrogens with one attached hydrogen (secondary N) is 2. The zero-order valence-electron chi connectivity index (χ0n) is 19.6. The topological polar surface area (TPSA) is 77.4 Å². The first kappa shape index (κ1) is 22.3. The summed E-state index contributed by atoms with van der Waals surface area (Å²) in [6, 6.07) is 25.1. The molecule has 1 amide bonds. The number of hydrogen-bond acceptors (Lipinski definition) is 5. The Labute approximate surface area is 204 Å². The minimum absolute atomic E-state index is 0.170. The van der Waals surface area contributed by atoms with Gasteiger partial charge in [-0.15, -0.1) is 0 Å². The Hall–Kier alpha value is -4.52. The second kappa shape index (κ2) is 9.77. The molecule has 0 aliphatic carbocycles. The Bertz CT molecular complexity index is 1340. The molecule has 1 atom stereocenters. The van der Waals surface area contributed by atoms with Crippen molar-refractivity contribution < 1.29 is 14.3 Å². The van der Waals surface area contributed by atoms with Gasteiger partial charge >= 0.3 is 0 Å². The number of rotatable bonds is 7. The van der Waals surface area contributed by atoms with Gasteiger partial charge in [-0.25, -0.2) is 4.68 Å². The number of hydrogen-bond donors (Lipinski definition) is 2. The number of allylic oxidation sites excluding steroid dienone is 1. The van der Waals surface area contributed by atoms with Gasteiger partial charge in [-0.3, -0.25) is 4.79 Å². The number of nitrogens with zero attached hydrogens (tertiary/aromatic N) is 2. The van der Waals surface area contributed by atoms with Gasteiger partial charge < -0.3 is 20.1 Å². The quantitative estimate of drug-likeness (QED) is 0.371. The van der Waals surface area contributed by atoms with E-state index in [4.69, 9.17) is 9.47 Å². The molecule has 1 aliphatic heterocycles. The van der Waals surface area contributed by atoms with E-state index >= 15 is 0 Å². The summed E-state index contributed by atoms with van der Waals surface area (Å²) in [4.78, 5) is 13.3. The first-order valence-corrected chi connectivity index (χ1v) is 11.5. The summed E-state index contributed by atoms with van der Waals surface area (Å²) in [5.74, 6) is 1.93. The van der Waals surface area contributed by atoms with Crippen LogP contribution in [0.4, 0.5) is 11.5 Å². The number of amides is 1. The summed E-state index contributed by atoms with van der Waals surface area (Å²) >= 11 is 0. The Morgan fingerprint density at radius 2 is 1.71 bits per heavy atom. The van der Waals surface area contributed by atoms with Crippen LogP contribution in [0.2, 0.25) is 0 Å². The molecule has 0 saturated carbocycles. The first-order valence-electron chi connectivity index (χ1n) is 11.5. The number of fused-ring (bicyclic) bond motifs is 1. The molecule has 5 rings (SSSR count). The van der Waals surface area contributed by atoms with E-state index in [9.17, 15) is 4.79 Å². The second-order valence-corrected chi connectivity index (χ2v) is 8.05. The predicted octanol–water partition coefficient (Wildman–Crippen LogP) is 5.60. The van der Waals surface area contributed by atoms with Crippen molar-refractivity contribution in [2.75, 3.05) is 24.4 Å². The molecule has 35 heavy (non-hydrogen) atoms. The largest absolute Gasteiger partial charge is 0.497 e. The molecule has 0 radical (unpaired) electrons. The zero-order chi connectivity index (χ0) is 24.2. The fraction of sp³-hybridized carbons (Fsp3) is 0.143. The maximum absolute atomic E-state index is 13.3. The maximum atomic E-state index is 13.3.